The van der Waals surface area contributed by atoms with Crippen LogP contribution in [0.3, 0.4) is 0 Å². The molecule has 0 radical (unpaired) electrons. The summed E-state index contributed by atoms with van der Waals surface area (Å²) in [6, 6.07) is 6.80. The Morgan fingerprint density at radius 1 is 1.39 bits per heavy atom. The molecule has 0 saturated carbocycles. The minimum absolute atomic E-state index is 0.319. The molecule has 0 saturated heterocycles. The smallest absolute Gasteiger partial charge is 0.332 e. The number of hydrogen-bond donors (Lipinski definition) is 1. The highest BCUT2D eigenvalue weighted by atomic mass is 16.5. The van der Waals surface area contributed by atoms with Crippen molar-refractivity contribution in [1.82, 2.24) is 0 Å². The van der Waals surface area contributed by atoms with Crippen molar-refractivity contribution in [3.05, 3.63) is 36.4 Å². The Bertz CT molecular complexity index is 412. The third-order valence-electron chi connectivity index (χ3n) is 2.42. The van der Waals surface area contributed by atoms with Crippen molar-refractivity contribution in [1.29, 1.82) is 0 Å². The highest BCUT2D eigenvalue weighted by Crippen LogP contribution is 2.17. The number of benzene rings is 1. The van der Waals surface area contributed by atoms with Gasteiger partial charge in [-0.2, -0.15) is 0 Å². The maximum Gasteiger partial charge on any atom is 0.332 e. The van der Waals surface area contributed by atoms with E-state index in [0.717, 1.165) is 11.4 Å². The van der Waals surface area contributed by atoms with Crippen molar-refractivity contribution in [2.24, 2.45) is 0 Å². The number of methoxy groups -OCH3 is 1. The zero-order valence-corrected chi connectivity index (χ0v) is 11.0. The Labute approximate surface area is 108 Å². The summed E-state index contributed by atoms with van der Waals surface area (Å²) in [4.78, 5) is 11.7. The fourth-order valence-corrected chi connectivity index (χ4v) is 1.46. The average Bonchev–Trinajstić information content (AvgIpc) is 2.36. The fourth-order valence-electron chi connectivity index (χ4n) is 1.46. The molecule has 18 heavy (non-hydrogen) atoms. The summed E-state index contributed by atoms with van der Waals surface area (Å²) < 4.78 is 10.1. The second-order valence-corrected chi connectivity index (χ2v) is 3.90. The molecule has 0 bridgehead atoms. The average molecular weight is 249 g/mol. The van der Waals surface area contributed by atoms with Crippen LogP contribution < -0.4 is 10.1 Å². The van der Waals surface area contributed by atoms with Crippen LogP contribution in [0.4, 0.5) is 5.69 Å². The van der Waals surface area contributed by atoms with E-state index < -0.39 is 6.04 Å². The fraction of sp³-hybridized carbons (Fsp3) is 0.357. The minimum Gasteiger partial charge on any atom is -0.497 e. The molecule has 0 amide bonds. The first-order valence-corrected chi connectivity index (χ1v) is 5.81. The predicted molar refractivity (Wildman–Crippen MR) is 71.9 cm³/mol. The number of carbonyl (C=O) groups excluding carboxylic acids is 1. The van der Waals surface area contributed by atoms with E-state index in [0.29, 0.717) is 12.2 Å². The van der Waals surface area contributed by atoms with Gasteiger partial charge in [0.25, 0.3) is 0 Å². The molecule has 1 aromatic carbocycles. The Kier molecular flexibility index (Phi) is 5.24. The van der Waals surface area contributed by atoms with Crippen LogP contribution in [0.25, 0.3) is 0 Å². The van der Waals surface area contributed by atoms with Crippen LogP contribution in [0.2, 0.25) is 0 Å². The first-order valence-electron chi connectivity index (χ1n) is 5.81. The van der Waals surface area contributed by atoms with Gasteiger partial charge in [0.2, 0.25) is 0 Å². The molecular weight excluding hydrogens is 230 g/mol. The SMILES string of the molecule is C=C(C)C(Nc1ccc(OC)cc1)C(=O)OCC. The summed E-state index contributed by atoms with van der Waals surface area (Å²) in [6.45, 7) is 7.72. The first kappa shape index (κ1) is 14.1. The van der Waals surface area contributed by atoms with Crippen molar-refractivity contribution in [2.75, 3.05) is 19.0 Å². The number of anilines is 1. The Balaban J connectivity index is 2.76. The van der Waals surface area contributed by atoms with E-state index >= 15 is 0 Å². The molecule has 1 rings (SSSR count). The third kappa shape index (κ3) is 3.80. The maximum atomic E-state index is 11.7. The second-order valence-electron chi connectivity index (χ2n) is 3.90. The van der Waals surface area contributed by atoms with Gasteiger partial charge in [-0.3, -0.25) is 0 Å². The van der Waals surface area contributed by atoms with Gasteiger partial charge in [0.1, 0.15) is 11.8 Å². The predicted octanol–water partition coefficient (Wildman–Crippen LogP) is 2.61. The minimum atomic E-state index is -0.529. The van der Waals surface area contributed by atoms with E-state index in [9.17, 15) is 4.79 Å². The summed E-state index contributed by atoms with van der Waals surface area (Å²) in [5.74, 6) is 0.448. The van der Waals surface area contributed by atoms with E-state index in [1.807, 2.05) is 24.3 Å². The molecule has 4 nitrogen and oxygen atoms in total. The lowest BCUT2D eigenvalue weighted by Crippen LogP contribution is -2.32. The molecule has 1 unspecified atom stereocenters. The number of nitrogens with one attached hydrogen (secondary N) is 1. The molecule has 0 fully saturated rings. The number of ether oxygens (including phenoxy) is 2. The molecule has 1 aromatic rings. The summed E-state index contributed by atoms with van der Waals surface area (Å²) in [7, 11) is 1.61. The second kappa shape index (κ2) is 6.69. The number of rotatable bonds is 6. The normalized spacial score (nSPS) is 11.5. The highest BCUT2D eigenvalue weighted by molar-refractivity contribution is 5.82. The van der Waals surface area contributed by atoms with Gasteiger partial charge < -0.3 is 14.8 Å². The van der Waals surface area contributed by atoms with Gasteiger partial charge in [-0.1, -0.05) is 6.58 Å². The van der Waals surface area contributed by atoms with Crippen molar-refractivity contribution < 1.29 is 14.3 Å². The lowest BCUT2D eigenvalue weighted by atomic mass is 10.1. The molecule has 0 heterocycles. The van der Waals surface area contributed by atoms with Gasteiger partial charge in [0, 0.05) is 5.69 Å². The van der Waals surface area contributed by atoms with E-state index in [1.165, 1.54) is 0 Å². The molecule has 0 aliphatic heterocycles. The van der Waals surface area contributed by atoms with Crippen LogP contribution in [-0.4, -0.2) is 25.7 Å². The zero-order chi connectivity index (χ0) is 13.5. The molecule has 0 spiro atoms. The standard InChI is InChI=1S/C14H19NO3/c1-5-18-14(16)13(10(2)3)15-11-6-8-12(17-4)9-7-11/h6-9,13,15H,2,5H2,1,3-4H3. The summed E-state index contributed by atoms with van der Waals surface area (Å²) in [6.07, 6.45) is 0. The van der Waals surface area contributed by atoms with Crippen LogP contribution in [0.5, 0.6) is 5.75 Å². The van der Waals surface area contributed by atoms with Gasteiger partial charge in [-0.25, -0.2) is 4.79 Å². The Hall–Kier alpha value is -1.97. The third-order valence-corrected chi connectivity index (χ3v) is 2.42. The van der Waals surface area contributed by atoms with E-state index in [2.05, 4.69) is 11.9 Å². The molecule has 4 heteroatoms. The molecule has 1 N–H and O–H groups in total. The van der Waals surface area contributed by atoms with Crippen molar-refractivity contribution >= 4 is 11.7 Å². The quantitative estimate of drug-likeness (QED) is 0.622. The molecule has 98 valence electrons. The maximum absolute atomic E-state index is 11.7. The lowest BCUT2D eigenvalue weighted by molar-refractivity contribution is -0.143. The highest BCUT2D eigenvalue weighted by Gasteiger charge is 2.20. The summed E-state index contributed by atoms with van der Waals surface area (Å²) in [5.41, 5.74) is 1.53. The number of hydrogen-bond acceptors (Lipinski definition) is 4. The van der Waals surface area contributed by atoms with Crippen LogP contribution in [0.15, 0.2) is 36.4 Å². The van der Waals surface area contributed by atoms with Crippen LogP contribution in [0, 0.1) is 0 Å². The molecule has 1 atom stereocenters. The van der Waals surface area contributed by atoms with Crippen molar-refractivity contribution in [3.8, 4) is 5.75 Å². The Morgan fingerprint density at radius 3 is 2.44 bits per heavy atom. The van der Waals surface area contributed by atoms with Gasteiger partial charge in [-0.05, 0) is 43.7 Å². The topological polar surface area (TPSA) is 47.6 Å². The Morgan fingerprint density at radius 2 is 2.00 bits per heavy atom. The van der Waals surface area contributed by atoms with E-state index in [4.69, 9.17) is 9.47 Å². The van der Waals surface area contributed by atoms with E-state index in [-0.39, 0.29) is 5.97 Å². The monoisotopic (exact) mass is 249 g/mol. The zero-order valence-electron chi connectivity index (χ0n) is 11.0. The number of carbonyl (C=O) groups is 1. The van der Waals surface area contributed by atoms with Gasteiger partial charge in [-0.15, -0.1) is 0 Å². The van der Waals surface area contributed by atoms with Gasteiger partial charge in [0.15, 0.2) is 0 Å². The van der Waals surface area contributed by atoms with Crippen LogP contribution in [-0.2, 0) is 9.53 Å². The van der Waals surface area contributed by atoms with Gasteiger partial charge >= 0.3 is 5.97 Å². The lowest BCUT2D eigenvalue weighted by Gasteiger charge is -2.18. The van der Waals surface area contributed by atoms with Gasteiger partial charge in [0.05, 0.1) is 13.7 Å². The largest absolute Gasteiger partial charge is 0.497 e. The summed E-state index contributed by atoms with van der Waals surface area (Å²) in [5, 5.41) is 3.08. The molecule has 0 aliphatic rings. The summed E-state index contributed by atoms with van der Waals surface area (Å²) >= 11 is 0. The van der Waals surface area contributed by atoms with Crippen LogP contribution >= 0.6 is 0 Å². The number of esters is 1. The molecular formula is C14H19NO3. The molecule has 0 aliphatic carbocycles. The van der Waals surface area contributed by atoms with Crippen molar-refractivity contribution in [2.45, 2.75) is 19.9 Å². The molecule has 0 aromatic heterocycles. The van der Waals surface area contributed by atoms with Crippen LogP contribution in [0.1, 0.15) is 13.8 Å². The first-order chi connectivity index (χ1) is 8.58. The van der Waals surface area contributed by atoms with E-state index in [1.54, 1.807) is 21.0 Å². The van der Waals surface area contributed by atoms with Crippen molar-refractivity contribution in [3.63, 3.8) is 0 Å².